The van der Waals surface area contributed by atoms with Crippen molar-refractivity contribution >= 4 is 0 Å². The number of rotatable bonds is 4. The predicted molar refractivity (Wildman–Crippen MR) is 82.9 cm³/mol. The van der Waals surface area contributed by atoms with Crippen LogP contribution in [0.2, 0.25) is 0 Å². The zero-order valence-electron chi connectivity index (χ0n) is 12.0. The Kier molecular flexibility index (Phi) is 4.12. The quantitative estimate of drug-likeness (QED) is 0.918. The lowest BCUT2D eigenvalue weighted by Gasteiger charge is -2.32. The summed E-state index contributed by atoms with van der Waals surface area (Å²) >= 11 is 0. The molecule has 1 N–H and O–H groups in total. The van der Waals surface area contributed by atoms with E-state index >= 15 is 0 Å². The van der Waals surface area contributed by atoms with Gasteiger partial charge >= 0.3 is 0 Å². The van der Waals surface area contributed by atoms with Crippen molar-refractivity contribution in [2.75, 3.05) is 7.05 Å². The summed E-state index contributed by atoms with van der Waals surface area (Å²) in [6.45, 7) is 0. The van der Waals surface area contributed by atoms with E-state index in [2.05, 4.69) is 53.7 Å². The van der Waals surface area contributed by atoms with Crippen molar-refractivity contribution in [2.24, 2.45) is 0 Å². The van der Waals surface area contributed by atoms with Crippen LogP contribution in [0.5, 0.6) is 0 Å². The average molecular weight is 266 g/mol. The zero-order chi connectivity index (χ0) is 13.8. The van der Waals surface area contributed by atoms with Gasteiger partial charge in [0.05, 0.1) is 0 Å². The Hall–Kier alpha value is -1.67. The summed E-state index contributed by atoms with van der Waals surface area (Å²) in [6, 6.07) is 13.7. The van der Waals surface area contributed by atoms with Gasteiger partial charge in [-0.05, 0) is 67.5 Å². The number of benzene rings is 1. The summed E-state index contributed by atoms with van der Waals surface area (Å²) in [5.41, 5.74) is 4.45. The third-order valence-corrected chi connectivity index (χ3v) is 4.48. The first-order valence-corrected chi connectivity index (χ1v) is 7.52. The van der Waals surface area contributed by atoms with Gasteiger partial charge in [-0.3, -0.25) is 4.98 Å². The number of aryl methyl sites for hydroxylation is 1. The van der Waals surface area contributed by atoms with Crippen LogP contribution in [-0.2, 0) is 12.8 Å². The molecule has 1 aliphatic carbocycles. The lowest BCUT2D eigenvalue weighted by molar-refractivity contribution is 0.411. The van der Waals surface area contributed by atoms with Crippen molar-refractivity contribution in [3.63, 3.8) is 0 Å². The molecule has 2 unspecified atom stereocenters. The molecule has 0 fully saturated rings. The highest BCUT2D eigenvalue weighted by molar-refractivity contribution is 5.34. The number of pyridine rings is 1. The van der Waals surface area contributed by atoms with Gasteiger partial charge in [-0.1, -0.05) is 24.3 Å². The number of nitrogens with one attached hydrogen (secondary N) is 1. The van der Waals surface area contributed by atoms with Gasteiger partial charge in [0.1, 0.15) is 0 Å². The van der Waals surface area contributed by atoms with E-state index in [-0.39, 0.29) is 0 Å². The molecule has 1 aliphatic rings. The van der Waals surface area contributed by atoms with E-state index in [1.165, 1.54) is 24.8 Å². The van der Waals surface area contributed by atoms with E-state index in [0.717, 1.165) is 6.42 Å². The normalized spacial score (nSPS) is 19.4. The van der Waals surface area contributed by atoms with Gasteiger partial charge in [0, 0.05) is 18.4 Å². The van der Waals surface area contributed by atoms with Crippen LogP contribution in [-0.4, -0.2) is 18.1 Å². The maximum atomic E-state index is 4.11. The second-order valence-corrected chi connectivity index (χ2v) is 5.65. The van der Waals surface area contributed by atoms with Crippen LogP contribution in [0.15, 0.2) is 48.8 Å². The largest absolute Gasteiger partial charge is 0.316 e. The van der Waals surface area contributed by atoms with Crippen LogP contribution in [0, 0.1) is 0 Å². The first kappa shape index (κ1) is 13.3. The van der Waals surface area contributed by atoms with Crippen molar-refractivity contribution in [3.05, 3.63) is 65.5 Å². The molecule has 104 valence electrons. The van der Waals surface area contributed by atoms with E-state index in [9.17, 15) is 0 Å². The summed E-state index contributed by atoms with van der Waals surface area (Å²) in [4.78, 5) is 4.11. The summed E-state index contributed by atoms with van der Waals surface area (Å²) in [5, 5.41) is 3.54. The first-order chi connectivity index (χ1) is 9.88. The molecule has 1 aromatic carbocycles. The molecule has 0 saturated heterocycles. The Labute approximate surface area is 121 Å². The topological polar surface area (TPSA) is 24.9 Å². The van der Waals surface area contributed by atoms with Crippen LogP contribution in [0.25, 0.3) is 0 Å². The number of hydrogen-bond donors (Lipinski definition) is 1. The van der Waals surface area contributed by atoms with Crippen LogP contribution in [0.4, 0.5) is 0 Å². The maximum absolute atomic E-state index is 4.11. The Morgan fingerprint density at radius 3 is 2.80 bits per heavy atom. The van der Waals surface area contributed by atoms with Gasteiger partial charge in [-0.25, -0.2) is 0 Å². The molecule has 0 radical (unpaired) electrons. The molecule has 1 heterocycles. The van der Waals surface area contributed by atoms with E-state index < -0.39 is 0 Å². The smallest absolute Gasteiger partial charge is 0.0270 e. The van der Waals surface area contributed by atoms with E-state index in [4.69, 9.17) is 0 Å². The molecule has 2 heteroatoms. The second-order valence-electron chi connectivity index (χ2n) is 5.65. The Morgan fingerprint density at radius 1 is 1.20 bits per heavy atom. The molecule has 2 nitrogen and oxygen atoms in total. The van der Waals surface area contributed by atoms with Gasteiger partial charge in [0.15, 0.2) is 0 Å². The molecule has 3 rings (SSSR count). The van der Waals surface area contributed by atoms with Gasteiger partial charge in [-0.15, -0.1) is 0 Å². The molecule has 2 atom stereocenters. The second kappa shape index (κ2) is 6.19. The number of fused-ring (bicyclic) bond motifs is 1. The van der Waals surface area contributed by atoms with Crippen LogP contribution in [0.1, 0.15) is 35.4 Å². The molecule has 0 saturated carbocycles. The monoisotopic (exact) mass is 266 g/mol. The third kappa shape index (κ3) is 2.75. The summed E-state index contributed by atoms with van der Waals surface area (Å²) in [5.74, 6) is 0.623. The minimum atomic E-state index is 0.499. The molecule has 0 bridgehead atoms. The van der Waals surface area contributed by atoms with Crippen LogP contribution < -0.4 is 5.32 Å². The predicted octanol–water partition coefficient (Wildman–Crippen LogP) is 3.33. The summed E-state index contributed by atoms with van der Waals surface area (Å²) < 4.78 is 0. The van der Waals surface area contributed by atoms with Gasteiger partial charge in [0.2, 0.25) is 0 Å². The molecule has 0 spiro atoms. The van der Waals surface area contributed by atoms with Crippen molar-refractivity contribution < 1.29 is 0 Å². The third-order valence-electron chi connectivity index (χ3n) is 4.48. The molecule has 1 aromatic heterocycles. The molecular weight excluding hydrogens is 244 g/mol. The fourth-order valence-electron chi connectivity index (χ4n) is 3.43. The SMILES string of the molecule is CNC(Cc1ccncc1)C1CCCc2ccccc21. The van der Waals surface area contributed by atoms with Gasteiger partial charge < -0.3 is 5.32 Å². The average Bonchev–Trinajstić information content (AvgIpc) is 2.53. The van der Waals surface area contributed by atoms with Crippen molar-refractivity contribution in [1.82, 2.24) is 10.3 Å². The highest BCUT2D eigenvalue weighted by Crippen LogP contribution is 2.34. The van der Waals surface area contributed by atoms with E-state index in [0.29, 0.717) is 12.0 Å². The number of aromatic nitrogens is 1. The standard InChI is InChI=1S/C18H22N2/c1-19-18(13-14-9-11-20-12-10-14)17-8-4-6-15-5-2-3-7-16(15)17/h2-3,5,7,9-12,17-19H,4,6,8,13H2,1H3. The minimum absolute atomic E-state index is 0.499. The molecule has 20 heavy (non-hydrogen) atoms. The molecule has 0 aliphatic heterocycles. The number of hydrogen-bond acceptors (Lipinski definition) is 2. The number of likely N-dealkylation sites (N-methyl/N-ethyl adjacent to an activating group) is 1. The van der Waals surface area contributed by atoms with Crippen molar-refractivity contribution in [3.8, 4) is 0 Å². The van der Waals surface area contributed by atoms with E-state index in [1.807, 2.05) is 12.4 Å². The minimum Gasteiger partial charge on any atom is -0.316 e. The molecular formula is C18H22N2. The molecule has 2 aromatic rings. The Bertz CT molecular complexity index is 550. The number of nitrogens with zero attached hydrogens (tertiary/aromatic N) is 1. The van der Waals surface area contributed by atoms with Gasteiger partial charge in [0.25, 0.3) is 0 Å². The summed E-state index contributed by atoms with van der Waals surface area (Å²) in [6.07, 6.45) is 8.66. The molecule has 0 amide bonds. The van der Waals surface area contributed by atoms with E-state index in [1.54, 1.807) is 11.1 Å². The van der Waals surface area contributed by atoms with Gasteiger partial charge in [-0.2, -0.15) is 0 Å². The Balaban J connectivity index is 1.84. The highest BCUT2D eigenvalue weighted by Gasteiger charge is 2.26. The lowest BCUT2D eigenvalue weighted by atomic mass is 9.77. The van der Waals surface area contributed by atoms with Crippen molar-refractivity contribution in [1.29, 1.82) is 0 Å². The zero-order valence-corrected chi connectivity index (χ0v) is 12.0. The maximum Gasteiger partial charge on any atom is 0.0270 e. The van der Waals surface area contributed by atoms with Crippen molar-refractivity contribution in [2.45, 2.75) is 37.6 Å². The summed E-state index contributed by atoms with van der Waals surface area (Å²) in [7, 11) is 2.09. The fraction of sp³-hybridized carbons (Fsp3) is 0.389. The first-order valence-electron chi connectivity index (χ1n) is 7.52. The highest BCUT2D eigenvalue weighted by atomic mass is 14.9. The van der Waals surface area contributed by atoms with Crippen LogP contribution in [0.3, 0.4) is 0 Å². The van der Waals surface area contributed by atoms with Crippen LogP contribution >= 0.6 is 0 Å². The lowest BCUT2D eigenvalue weighted by Crippen LogP contribution is -2.36. The Morgan fingerprint density at radius 2 is 2.00 bits per heavy atom. The fourth-order valence-corrected chi connectivity index (χ4v) is 3.43.